The zero-order chi connectivity index (χ0) is 12.6. The van der Waals surface area contributed by atoms with E-state index in [1.807, 2.05) is 0 Å². The molecule has 1 N–H and O–H groups in total. The summed E-state index contributed by atoms with van der Waals surface area (Å²) in [6, 6.07) is 6.95. The van der Waals surface area contributed by atoms with E-state index in [1.54, 1.807) is 24.3 Å². The molecule has 0 fully saturated rings. The zero-order valence-corrected chi connectivity index (χ0v) is 10.3. The number of rotatable bonds is 3. The number of nitrogens with zero attached hydrogens (tertiary/aromatic N) is 2. The van der Waals surface area contributed by atoms with E-state index < -0.39 is 9.84 Å². The Kier molecular flexibility index (Phi) is 2.55. The minimum Gasteiger partial charge on any atom is -0.428 e. The van der Waals surface area contributed by atoms with Crippen LogP contribution in [0.5, 0.6) is 0 Å². The van der Waals surface area contributed by atoms with Crippen molar-refractivity contribution in [3.63, 3.8) is 0 Å². The third-order valence-corrected chi connectivity index (χ3v) is 3.97. The first-order valence-corrected chi connectivity index (χ1v) is 7.16. The van der Waals surface area contributed by atoms with E-state index in [-0.39, 0.29) is 11.0 Å². The average Bonchev–Trinajstić information content (AvgIpc) is 2.96. The summed E-state index contributed by atoms with van der Waals surface area (Å²) in [6.45, 7) is 1.29. The summed E-state index contributed by atoms with van der Waals surface area (Å²) in [7, 11) is -3.58. The highest BCUT2D eigenvalue weighted by Crippen LogP contribution is 2.19. The number of fused-ring (bicyclic) bond motifs is 1. The van der Waals surface area contributed by atoms with Crippen LogP contribution in [0.1, 0.15) is 0 Å². The summed E-state index contributed by atoms with van der Waals surface area (Å²) >= 11 is 0. The first-order valence-electron chi connectivity index (χ1n) is 5.51. The minimum atomic E-state index is -3.58. The maximum absolute atomic E-state index is 12.1. The van der Waals surface area contributed by atoms with Crippen LogP contribution in [0, 0.1) is 0 Å². The molecule has 0 bridgehead atoms. The zero-order valence-electron chi connectivity index (χ0n) is 9.46. The molecule has 6 nitrogen and oxygen atoms in total. The van der Waals surface area contributed by atoms with Gasteiger partial charge in [-0.05, 0) is 12.1 Å². The maximum Gasteiger partial charge on any atom is 0.316 e. The fraction of sp³-hybridized carbons (Fsp3) is 0.273. The van der Waals surface area contributed by atoms with E-state index >= 15 is 0 Å². The molecule has 1 aliphatic heterocycles. The quantitative estimate of drug-likeness (QED) is 0.878. The molecular weight excluding hydrogens is 254 g/mol. The smallest absolute Gasteiger partial charge is 0.316 e. The van der Waals surface area contributed by atoms with Crippen LogP contribution in [0.3, 0.4) is 0 Å². The molecule has 0 aliphatic carbocycles. The van der Waals surface area contributed by atoms with Crippen molar-refractivity contribution in [2.45, 2.75) is 5.22 Å². The van der Waals surface area contributed by atoms with Crippen molar-refractivity contribution < 1.29 is 12.8 Å². The van der Waals surface area contributed by atoms with Gasteiger partial charge >= 0.3 is 5.22 Å². The summed E-state index contributed by atoms with van der Waals surface area (Å²) in [5.74, 6) is 0.275. The van der Waals surface area contributed by atoms with Gasteiger partial charge in [0.1, 0.15) is 17.1 Å². The Bertz CT molecular complexity index is 685. The molecular formula is C11H11N3O3S. The topological polar surface area (TPSA) is 84.6 Å². The molecule has 0 atom stereocenters. The molecule has 18 heavy (non-hydrogen) atoms. The molecule has 0 radical (unpaired) electrons. The summed E-state index contributed by atoms with van der Waals surface area (Å²) in [5.41, 5.74) is 1.01. The number of amidine groups is 1. The number of aromatic nitrogens is 1. The van der Waals surface area contributed by atoms with Crippen molar-refractivity contribution in [3.8, 4) is 0 Å². The summed E-state index contributed by atoms with van der Waals surface area (Å²) in [4.78, 5) is 8.05. The Balaban J connectivity index is 1.97. The SMILES string of the molecule is O=S(=O)(CC1=NCCN1)c1nc2ccccc2o1. The second kappa shape index (κ2) is 4.09. The molecule has 7 heteroatoms. The lowest BCUT2D eigenvalue weighted by Crippen LogP contribution is -2.27. The average molecular weight is 265 g/mol. The highest BCUT2D eigenvalue weighted by atomic mass is 32.2. The maximum atomic E-state index is 12.1. The Hall–Kier alpha value is -1.89. The number of oxazole rings is 1. The lowest BCUT2D eigenvalue weighted by Gasteiger charge is -2.00. The molecule has 0 spiro atoms. The van der Waals surface area contributed by atoms with Crippen molar-refractivity contribution >= 4 is 26.8 Å². The van der Waals surface area contributed by atoms with Gasteiger partial charge in [0.15, 0.2) is 5.58 Å². The Morgan fingerprint density at radius 2 is 2.17 bits per heavy atom. The first kappa shape index (κ1) is 11.2. The molecule has 1 aliphatic rings. The van der Waals surface area contributed by atoms with Crippen LogP contribution in [0.2, 0.25) is 0 Å². The van der Waals surface area contributed by atoms with Gasteiger partial charge in [-0.15, -0.1) is 0 Å². The summed E-state index contributed by atoms with van der Waals surface area (Å²) in [6.07, 6.45) is 0. The van der Waals surface area contributed by atoms with E-state index in [9.17, 15) is 8.42 Å². The number of benzene rings is 1. The highest BCUT2D eigenvalue weighted by Gasteiger charge is 2.25. The predicted octanol–water partition coefficient (Wildman–Crippen LogP) is 0.603. The summed E-state index contributed by atoms with van der Waals surface area (Å²) < 4.78 is 29.4. The molecule has 1 aromatic heterocycles. The van der Waals surface area contributed by atoms with Crippen LogP contribution in [0.25, 0.3) is 11.1 Å². The lowest BCUT2D eigenvalue weighted by atomic mass is 10.3. The van der Waals surface area contributed by atoms with Gasteiger partial charge in [-0.2, -0.15) is 4.98 Å². The number of nitrogens with one attached hydrogen (secondary N) is 1. The van der Waals surface area contributed by atoms with Crippen molar-refractivity contribution in [1.29, 1.82) is 0 Å². The molecule has 0 amide bonds. The Morgan fingerprint density at radius 1 is 1.33 bits per heavy atom. The van der Waals surface area contributed by atoms with Gasteiger partial charge in [-0.3, -0.25) is 4.99 Å². The van der Waals surface area contributed by atoms with Crippen LogP contribution in [-0.2, 0) is 9.84 Å². The number of aliphatic imine (C=N–C) groups is 1. The van der Waals surface area contributed by atoms with Gasteiger partial charge in [0.25, 0.3) is 0 Å². The normalized spacial score (nSPS) is 15.7. The van der Waals surface area contributed by atoms with Gasteiger partial charge in [0.05, 0.1) is 6.54 Å². The summed E-state index contributed by atoms with van der Waals surface area (Å²) in [5, 5.41) is 2.67. The Morgan fingerprint density at radius 3 is 2.89 bits per heavy atom. The second-order valence-corrected chi connectivity index (χ2v) is 5.83. The molecule has 0 unspecified atom stereocenters. The Labute approximate surface area is 104 Å². The van der Waals surface area contributed by atoms with Crippen LogP contribution in [0.4, 0.5) is 0 Å². The van der Waals surface area contributed by atoms with Gasteiger partial charge in [0, 0.05) is 6.54 Å². The second-order valence-electron chi connectivity index (χ2n) is 3.96. The molecule has 2 aromatic rings. The lowest BCUT2D eigenvalue weighted by molar-refractivity contribution is 0.460. The molecule has 94 valence electrons. The van der Waals surface area contributed by atoms with E-state index in [4.69, 9.17) is 4.42 Å². The van der Waals surface area contributed by atoms with Crippen molar-refractivity contribution in [3.05, 3.63) is 24.3 Å². The third kappa shape index (κ3) is 1.97. The number of hydrogen-bond donors (Lipinski definition) is 1. The first-order chi connectivity index (χ1) is 8.65. The van der Waals surface area contributed by atoms with Crippen LogP contribution >= 0.6 is 0 Å². The monoisotopic (exact) mass is 265 g/mol. The van der Waals surface area contributed by atoms with Crippen molar-refractivity contribution in [2.24, 2.45) is 4.99 Å². The molecule has 2 heterocycles. The highest BCUT2D eigenvalue weighted by molar-refractivity contribution is 7.91. The number of sulfone groups is 1. The number of para-hydroxylation sites is 2. The predicted molar refractivity (Wildman–Crippen MR) is 66.4 cm³/mol. The van der Waals surface area contributed by atoms with Crippen molar-refractivity contribution in [2.75, 3.05) is 18.8 Å². The van der Waals surface area contributed by atoms with E-state index in [1.165, 1.54) is 0 Å². The van der Waals surface area contributed by atoms with Crippen LogP contribution < -0.4 is 5.32 Å². The minimum absolute atomic E-state index is 0.195. The molecule has 0 saturated heterocycles. The fourth-order valence-corrected chi connectivity index (χ4v) is 2.90. The third-order valence-electron chi connectivity index (χ3n) is 2.61. The number of hydrogen-bond acceptors (Lipinski definition) is 6. The van der Waals surface area contributed by atoms with E-state index in [2.05, 4.69) is 15.3 Å². The molecule has 3 rings (SSSR count). The van der Waals surface area contributed by atoms with Crippen LogP contribution in [0.15, 0.2) is 38.9 Å². The molecule has 0 saturated carbocycles. The fourth-order valence-electron chi connectivity index (χ4n) is 1.77. The molecule has 1 aromatic carbocycles. The largest absolute Gasteiger partial charge is 0.428 e. The van der Waals surface area contributed by atoms with Crippen LogP contribution in [-0.4, -0.2) is 38.1 Å². The standard InChI is InChI=1S/C11H11N3O3S/c15-18(16,7-10-12-5-6-13-10)11-14-8-3-1-2-4-9(8)17-11/h1-4H,5-7H2,(H,12,13). The van der Waals surface area contributed by atoms with Crippen molar-refractivity contribution in [1.82, 2.24) is 10.3 Å². The van der Waals surface area contributed by atoms with Gasteiger partial charge in [-0.25, -0.2) is 8.42 Å². The van der Waals surface area contributed by atoms with Gasteiger partial charge in [-0.1, -0.05) is 12.1 Å². The van der Waals surface area contributed by atoms with Gasteiger partial charge < -0.3 is 9.73 Å². The van der Waals surface area contributed by atoms with E-state index in [0.717, 1.165) is 0 Å². The van der Waals surface area contributed by atoms with E-state index in [0.29, 0.717) is 30.0 Å². The van der Waals surface area contributed by atoms with Gasteiger partial charge in [0.2, 0.25) is 9.84 Å².